The summed E-state index contributed by atoms with van der Waals surface area (Å²) in [5.74, 6) is 1.37. The number of ether oxygens (including phenoxy) is 2. The zero-order chi connectivity index (χ0) is 14.0. The van der Waals surface area contributed by atoms with Crippen molar-refractivity contribution in [3.05, 3.63) is 41.2 Å². The second-order valence-electron chi connectivity index (χ2n) is 4.43. The van der Waals surface area contributed by atoms with Crippen LogP contribution < -0.4 is 15.2 Å². The molecule has 1 unspecified atom stereocenters. The van der Waals surface area contributed by atoms with Crippen LogP contribution in [0.25, 0.3) is 0 Å². The Morgan fingerprint density at radius 3 is 2.37 bits per heavy atom. The van der Waals surface area contributed by atoms with E-state index in [0.717, 1.165) is 17.0 Å². The Labute approximate surface area is 112 Å². The van der Waals surface area contributed by atoms with E-state index in [1.165, 1.54) is 0 Å². The average molecular weight is 261 g/mol. The van der Waals surface area contributed by atoms with Crippen LogP contribution in [0.4, 0.5) is 0 Å². The van der Waals surface area contributed by atoms with Crippen LogP contribution in [0.2, 0.25) is 0 Å². The second-order valence-corrected chi connectivity index (χ2v) is 4.43. The van der Waals surface area contributed by atoms with E-state index in [-0.39, 0.29) is 6.04 Å². The van der Waals surface area contributed by atoms with E-state index in [2.05, 4.69) is 5.10 Å². The Kier molecular flexibility index (Phi) is 3.76. The molecule has 1 heterocycles. The number of rotatable bonds is 4. The molecule has 0 fully saturated rings. The summed E-state index contributed by atoms with van der Waals surface area (Å²) >= 11 is 0. The molecule has 0 bridgehead atoms. The first-order chi connectivity index (χ1) is 9.06. The molecular weight excluding hydrogens is 242 g/mol. The summed E-state index contributed by atoms with van der Waals surface area (Å²) < 4.78 is 12.3. The van der Waals surface area contributed by atoms with Crippen molar-refractivity contribution in [1.29, 1.82) is 0 Å². The summed E-state index contributed by atoms with van der Waals surface area (Å²) in [5.41, 5.74) is 9.16. The molecular formula is C14H19N3O2. The van der Waals surface area contributed by atoms with Gasteiger partial charge in [-0.25, -0.2) is 0 Å². The molecule has 1 aromatic carbocycles. The largest absolute Gasteiger partial charge is 0.493 e. The number of benzene rings is 1. The van der Waals surface area contributed by atoms with Crippen LogP contribution in [-0.2, 0) is 7.05 Å². The van der Waals surface area contributed by atoms with Crippen molar-refractivity contribution in [3.63, 3.8) is 0 Å². The zero-order valence-electron chi connectivity index (χ0n) is 11.7. The van der Waals surface area contributed by atoms with Crippen LogP contribution in [0.3, 0.4) is 0 Å². The van der Waals surface area contributed by atoms with Crippen LogP contribution in [0.15, 0.2) is 24.3 Å². The average Bonchev–Trinajstić information content (AvgIpc) is 2.76. The number of aryl methyl sites for hydroxylation is 2. The smallest absolute Gasteiger partial charge is 0.161 e. The maximum Gasteiger partial charge on any atom is 0.161 e. The van der Waals surface area contributed by atoms with E-state index in [1.54, 1.807) is 18.9 Å². The van der Waals surface area contributed by atoms with Gasteiger partial charge < -0.3 is 15.2 Å². The maximum absolute atomic E-state index is 6.29. The molecule has 1 atom stereocenters. The van der Waals surface area contributed by atoms with Gasteiger partial charge >= 0.3 is 0 Å². The third-order valence-corrected chi connectivity index (χ3v) is 3.12. The van der Waals surface area contributed by atoms with Gasteiger partial charge in [-0.2, -0.15) is 5.10 Å². The van der Waals surface area contributed by atoms with E-state index < -0.39 is 0 Å². The summed E-state index contributed by atoms with van der Waals surface area (Å²) in [4.78, 5) is 0. The number of nitrogens with two attached hydrogens (primary N) is 1. The van der Waals surface area contributed by atoms with E-state index in [1.807, 2.05) is 38.2 Å². The van der Waals surface area contributed by atoms with Gasteiger partial charge in [-0.15, -0.1) is 0 Å². The fourth-order valence-corrected chi connectivity index (χ4v) is 2.14. The molecule has 0 saturated carbocycles. The molecule has 5 nitrogen and oxygen atoms in total. The van der Waals surface area contributed by atoms with Crippen LogP contribution in [-0.4, -0.2) is 24.0 Å². The first-order valence-electron chi connectivity index (χ1n) is 6.05. The SMILES string of the molecule is COc1ccc(C(N)c2cc(C)nn2C)cc1OC. The summed E-state index contributed by atoms with van der Waals surface area (Å²) in [6.45, 7) is 1.95. The third kappa shape index (κ3) is 2.56. The third-order valence-electron chi connectivity index (χ3n) is 3.12. The topological polar surface area (TPSA) is 62.3 Å². The number of nitrogens with zero attached hydrogens (tertiary/aromatic N) is 2. The van der Waals surface area contributed by atoms with Crippen LogP contribution in [0.1, 0.15) is 23.0 Å². The minimum Gasteiger partial charge on any atom is -0.493 e. The zero-order valence-corrected chi connectivity index (χ0v) is 11.7. The first-order valence-corrected chi connectivity index (χ1v) is 6.05. The van der Waals surface area contributed by atoms with Gasteiger partial charge in [-0.3, -0.25) is 4.68 Å². The lowest BCUT2D eigenvalue weighted by Gasteiger charge is -2.15. The van der Waals surface area contributed by atoms with E-state index >= 15 is 0 Å². The lowest BCUT2D eigenvalue weighted by atomic mass is 10.0. The van der Waals surface area contributed by atoms with Gasteiger partial charge in [0, 0.05) is 7.05 Å². The highest BCUT2D eigenvalue weighted by atomic mass is 16.5. The fraction of sp³-hybridized carbons (Fsp3) is 0.357. The van der Waals surface area contributed by atoms with Crippen molar-refractivity contribution in [2.75, 3.05) is 14.2 Å². The molecule has 2 aromatic rings. The molecule has 0 aliphatic heterocycles. The number of hydrogen-bond donors (Lipinski definition) is 1. The lowest BCUT2D eigenvalue weighted by Crippen LogP contribution is -2.16. The Hall–Kier alpha value is -2.01. The van der Waals surface area contributed by atoms with Crippen molar-refractivity contribution in [1.82, 2.24) is 9.78 Å². The van der Waals surface area contributed by atoms with Gasteiger partial charge in [0.15, 0.2) is 11.5 Å². The highest BCUT2D eigenvalue weighted by Crippen LogP contribution is 2.31. The summed E-state index contributed by atoms with van der Waals surface area (Å²) in [5, 5.41) is 4.31. The van der Waals surface area contributed by atoms with Crippen molar-refractivity contribution in [2.24, 2.45) is 12.8 Å². The van der Waals surface area contributed by atoms with Crippen LogP contribution in [0.5, 0.6) is 11.5 Å². The van der Waals surface area contributed by atoms with Gasteiger partial charge in [0.2, 0.25) is 0 Å². The molecule has 0 aliphatic rings. The quantitative estimate of drug-likeness (QED) is 0.911. The second kappa shape index (κ2) is 5.32. The molecule has 0 spiro atoms. The summed E-state index contributed by atoms with van der Waals surface area (Å²) in [6, 6.07) is 7.43. The number of aromatic nitrogens is 2. The van der Waals surface area contributed by atoms with Gasteiger partial charge in [0.1, 0.15) is 0 Å². The molecule has 0 radical (unpaired) electrons. The van der Waals surface area contributed by atoms with Crippen LogP contribution >= 0.6 is 0 Å². The van der Waals surface area contributed by atoms with Gasteiger partial charge in [0.05, 0.1) is 31.6 Å². The van der Waals surface area contributed by atoms with Gasteiger partial charge in [-0.05, 0) is 30.7 Å². The Morgan fingerprint density at radius 2 is 1.84 bits per heavy atom. The van der Waals surface area contributed by atoms with Crippen molar-refractivity contribution < 1.29 is 9.47 Å². The Balaban J connectivity index is 2.39. The van der Waals surface area contributed by atoms with Crippen molar-refractivity contribution >= 4 is 0 Å². The van der Waals surface area contributed by atoms with Gasteiger partial charge in [-0.1, -0.05) is 6.07 Å². The Bertz CT molecular complexity index is 578. The summed E-state index contributed by atoms with van der Waals surface area (Å²) in [6.07, 6.45) is 0. The molecule has 2 rings (SSSR count). The van der Waals surface area contributed by atoms with Crippen molar-refractivity contribution in [3.8, 4) is 11.5 Å². The molecule has 0 aliphatic carbocycles. The summed E-state index contributed by atoms with van der Waals surface area (Å²) in [7, 11) is 5.12. The highest BCUT2D eigenvalue weighted by molar-refractivity contribution is 5.45. The fourth-order valence-electron chi connectivity index (χ4n) is 2.14. The van der Waals surface area contributed by atoms with E-state index in [0.29, 0.717) is 11.5 Å². The van der Waals surface area contributed by atoms with Crippen LogP contribution in [0, 0.1) is 6.92 Å². The molecule has 0 amide bonds. The molecule has 19 heavy (non-hydrogen) atoms. The predicted molar refractivity (Wildman–Crippen MR) is 73.5 cm³/mol. The van der Waals surface area contributed by atoms with E-state index in [9.17, 15) is 0 Å². The highest BCUT2D eigenvalue weighted by Gasteiger charge is 2.16. The molecule has 102 valence electrons. The normalized spacial score (nSPS) is 12.3. The Morgan fingerprint density at radius 1 is 1.16 bits per heavy atom. The standard InChI is InChI=1S/C14H19N3O2/c1-9-7-11(17(2)16-9)14(15)10-5-6-12(18-3)13(8-10)19-4/h5-8,14H,15H2,1-4H3. The minimum absolute atomic E-state index is 0.244. The molecule has 1 aromatic heterocycles. The molecule has 2 N–H and O–H groups in total. The van der Waals surface area contributed by atoms with Gasteiger partial charge in [0.25, 0.3) is 0 Å². The monoisotopic (exact) mass is 261 g/mol. The molecule has 0 saturated heterocycles. The predicted octanol–water partition coefficient (Wildman–Crippen LogP) is 1.79. The number of hydrogen-bond acceptors (Lipinski definition) is 4. The maximum atomic E-state index is 6.29. The lowest BCUT2D eigenvalue weighted by molar-refractivity contribution is 0.354. The number of methoxy groups -OCH3 is 2. The molecule has 5 heteroatoms. The minimum atomic E-state index is -0.244. The first kappa shape index (κ1) is 13.4. The van der Waals surface area contributed by atoms with Crippen molar-refractivity contribution in [2.45, 2.75) is 13.0 Å². The van der Waals surface area contributed by atoms with E-state index in [4.69, 9.17) is 15.2 Å².